The largest absolute Gasteiger partial charge is 0.497 e. The van der Waals surface area contributed by atoms with E-state index in [-0.39, 0.29) is 42.3 Å². The van der Waals surface area contributed by atoms with E-state index < -0.39 is 58.1 Å². The van der Waals surface area contributed by atoms with Crippen molar-refractivity contribution in [3.8, 4) is 17.6 Å². The third-order valence-electron chi connectivity index (χ3n) is 11.7. The minimum Gasteiger partial charge on any atom is -0.497 e. The molecule has 0 spiro atoms. The van der Waals surface area contributed by atoms with Gasteiger partial charge in [0.1, 0.15) is 41.5 Å². The van der Waals surface area contributed by atoms with Crippen LogP contribution in [-0.2, 0) is 35.1 Å². The summed E-state index contributed by atoms with van der Waals surface area (Å²) in [4.78, 5) is 29.4. The molecule has 1 aromatic heterocycles. The fourth-order valence-corrected chi connectivity index (χ4v) is 10.6. The van der Waals surface area contributed by atoms with Crippen LogP contribution in [0.1, 0.15) is 90.2 Å². The van der Waals surface area contributed by atoms with Gasteiger partial charge in [-0.15, -0.1) is 0 Å². The Morgan fingerprint density at radius 2 is 1.42 bits per heavy atom. The highest BCUT2D eigenvalue weighted by Gasteiger charge is 2.54. The van der Waals surface area contributed by atoms with Crippen molar-refractivity contribution < 1.29 is 32.4 Å². The average Bonchev–Trinajstić information content (AvgIpc) is 3.56. The number of hydrogen-bond donors (Lipinski definition) is 1. The Bertz CT molecular complexity index is 2150. The first kappa shape index (κ1) is 48.9. The lowest BCUT2D eigenvalue weighted by Crippen LogP contribution is -2.50. The number of nitrogens with zero attached hydrogens (tertiary/aromatic N) is 3. The SMILES string of the molecule is CCn1cc([C@@H]2O[C@H](COC(c3ccccc3)(c3ccc(OC)cc3)c3ccc(OC)cc3)[C@@H](OP(OCCC#N)N(C(C)C)C(C)C)[C@H]2O[Si](C)(C)C(C)(C)C)c(=O)[nH]c1=O. The molecule has 5 rings (SSSR count). The molecule has 1 N–H and O–H groups in total. The van der Waals surface area contributed by atoms with Crippen LogP contribution in [0.25, 0.3) is 0 Å². The first-order chi connectivity index (χ1) is 29.4. The van der Waals surface area contributed by atoms with Gasteiger partial charge in [-0.1, -0.05) is 75.4 Å². The van der Waals surface area contributed by atoms with Crippen molar-refractivity contribution in [3.63, 3.8) is 0 Å². The van der Waals surface area contributed by atoms with Gasteiger partial charge in [-0.3, -0.25) is 9.78 Å². The Hall–Kier alpha value is -4.16. The van der Waals surface area contributed by atoms with Gasteiger partial charge in [0.2, 0.25) is 0 Å². The summed E-state index contributed by atoms with van der Waals surface area (Å²) < 4.78 is 50.5. The number of methoxy groups -OCH3 is 2. The molecule has 62 heavy (non-hydrogen) atoms. The zero-order valence-electron chi connectivity index (χ0n) is 38.3. The first-order valence-corrected chi connectivity index (χ1v) is 25.4. The monoisotopic (exact) mass is 888 g/mol. The summed E-state index contributed by atoms with van der Waals surface area (Å²) in [5.74, 6) is 1.38. The molecule has 15 heteroatoms. The molecule has 13 nitrogen and oxygen atoms in total. The molecule has 2 heterocycles. The Labute approximate surface area is 369 Å². The number of ether oxygens (including phenoxy) is 4. The van der Waals surface area contributed by atoms with Crippen LogP contribution in [0.5, 0.6) is 11.5 Å². The van der Waals surface area contributed by atoms with Gasteiger partial charge < -0.3 is 37.0 Å². The summed E-state index contributed by atoms with van der Waals surface area (Å²) in [6.07, 6.45) is -1.78. The third-order valence-corrected chi connectivity index (χ3v) is 18.3. The number of aromatic amines is 1. The Morgan fingerprint density at radius 3 is 1.90 bits per heavy atom. The van der Waals surface area contributed by atoms with E-state index in [2.05, 4.69) is 77.3 Å². The van der Waals surface area contributed by atoms with Crippen LogP contribution in [0.15, 0.2) is 94.6 Å². The predicted molar refractivity (Wildman–Crippen MR) is 245 cm³/mol. The van der Waals surface area contributed by atoms with Gasteiger partial charge in [-0.2, -0.15) is 5.26 Å². The molecule has 0 saturated carbocycles. The summed E-state index contributed by atoms with van der Waals surface area (Å²) >= 11 is 0. The van der Waals surface area contributed by atoms with Crippen LogP contribution < -0.4 is 20.7 Å². The van der Waals surface area contributed by atoms with Crippen molar-refractivity contribution >= 4 is 16.8 Å². The fourth-order valence-electron chi connectivity index (χ4n) is 7.53. The van der Waals surface area contributed by atoms with E-state index in [9.17, 15) is 14.9 Å². The highest BCUT2D eigenvalue weighted by Crippen LogP contribution is 2.53. The lowest BCUT2D eigenvalue weighted by atomic mass is 9.80. The predicted octanol–water partition coefficient (Wildman–Crippen LogP) is 9.07. The lowest BCUT2D eigenvalue weighted by Gasteiger charge is -2.42. The second-order valence-electron chi connectivity index (χ2n) is 17.5. The Balaban J connectivity index is 1.76. The summed E-state index contributed by atoms with van der Waals surface area (Å²) in [5.41, 5.74) is 0.470. The van der Waals surface area contributed by atoms with Crippen LogP contribution in [0.4, 0.5) is 0 Å². The lowest BCUT2D eigenvalue weighted by molar-refractivity contribution is -0.0809. The van der Waals surface area contributed by atoms with E-state index in [1.165, 1.54) is 4.57 Å². The van der Waals surface area contributed by atoms with E-state index in [1.807, 2.05) is 85.8 Å². The second kappa shape index (κ2) is 21.0. The molecule has 1 unspecified atom stereocenters. The first-order valence-electron chi connectivity index (χ1n) is 21.3. The summed E-state index contributed by atoms with van der Waals surface area (Å²) in [5, 5.41) is 9.30. The smallest absolute Gasteiger partial charge is 0.328 e. The normalized spacial score (nSPS) is 18.9. The fraction of sp³-hybridized carbons (Fsp3) is 0.511. The highest BCUT2D eigenvalue weighted by atomic mass is 31.2. The van der Waals surface area contributed by atoms with E-state index in [4.69, 9.17) is 32.4 Å². The molecule has 1 aliphatic heterocycles. The molecule has 0 aliphatic carbocycles. The zero-order valence-corrected chi connectivity index (χ0v) is 40.2. The van der Waals surface area contributed by atoms with Crippen LogP contribution in [-0.4, -0.2) is 80.4 Å². The van der Waals surface area contributed by atoms with Crippen molar-refractivity contribution in [1.82, 2.24) is 14.2 Å². The molecule has 1 saturated heterocycles. The maximum absolute atomic E-state index is 13.9. The molecule has 5 atom stereocenters. The molecule has 1 aliphatic rings. The topological polar surface area (TPSA) is 146 Å². The number of aromatic nitrogens is 2. The minimum atomic E-state index is -2.65. The van der Waals surface area contributed by atoms with Crippen LogP contribution in [0.2, 0.25) is 18.1 Å². The maximum Gasteiger partial charge on any atom is 0.328 e. The van der Waals surface area contributed by atoms with Gasteiger partial charge >= 0.3 is 5.69 Å². The Morgan fingerprint density at radius 1 is 0.871 bits per heavy atom. The van der Waals surface area contributed by atoms with E-state index in [1.54, 1.807) is 20.4 Å². The number of nitrogens with one attached hydrogen (secondary N) is 1. The van der Waals surface area contributed by atoms with Gasteiger partial charge in [0, 0.05) is 24.8 Å². The molecule has 3 aromatic carbocycles. The molecular weight excluding hydrogens is 824 g/mol. The number of benzene rings is 3. The standard InChI is InChI=1S/C47H65N4O9PSi/c1-13-50-30-39(44(52)49-45(50)53)41-43(60-62(11,12)46(6,7)8)42(59-61(57-29-17-28-48)51(32(2)3)33(4)5)40(58-41)31-56-47(34-18-15-14-16-19-34,35-20-24-37(54-9)25-21-35)36-22-26-38(55-10)27-23-36/h14-16,18-27,30,32-33,40-43H,13,17,29,31H2,1-12H3,(H,49,52,53)/t40-,41+,42-,43+,61?/m1/s1. The van der Waals surface area contributed by atoms with Gasteiger partial charge in [0.15, 0.2) is 8.32 Å². The number of aryl methyl sites for hydroxylation is 1. The zero-order chi connectivity index (χ0) is 45.4. The molecular formula is C47H65N4O9PSi. The number of hydrogen-bond acceptors (Lipinski definition) is 11. The van der Waals surface area contributed by atoms with Gasteiger partial charge in [0.05, 0.1) is 45.5 Å². The number of nitriles is 1. The average molecular weight is 889 g/mol. The molecule has 0 bridgehead atoms. The van der Waals surface area contributed by atoms with E-state index >= 15 is 0 Å². The highest BCUT2D eigenvalue weighted by molar-refractivity contribution is 7.44. The van der Waals surface area contributed by atoms with Crippen molar-refractivity contribution in [3.05, 3.63) is 128 Å². The van der Waals surface area contributed by atoms with Crippen molar-refractivity contribution in [2.24, 2.45) is 0 Å². The maximum atomic E-state index is 13.9. The Kier molecular flexibility index (Phi) is 16.6. The summed E-state index contributed by atoms with van der Waals surface area (Å²) in [6, 6.07) is 27.8. The summed E-state index contributed by atoms with van der Waals surface area (Å²) in [6.45, 7) is 21.3. The quantitative estimate of drug-likeness (QED) is 0.0393. The van der Waals surface area contributed by atoms with Crippen LogP contribution in [0, 0.1) is 11.3 Å². The van der Waals surface area contributed by atoms with Gasteiger partial charge in [-0.05, 0) is 93.7 Å². The van der Waals surface area contributed by atoms with E-state index in [0.717, 1.165) is 16.7 Å². The van der Waals surface area contributed by atoms with Crippen LogP contribution in [0.3, 0.4) is 0 Å². The number of rotatable bonds is 20. The third kappa shape index (κ3) is 10.8. The van der Waals surface area contributed by atoms with Crippen molar-refractivity contribution in [1.29, 1.82) is 5.26 Å². The van der Waals surface area contributed by atoms with Crippen molar-refractivity contribution in [2.45, 2.75) is 129 Å². The summed E-state index contributed by atoms with van der Waals surface area (Å²) in [7, 11) is -1.22. The second-order valence-corrected chi connectivity index (χ2v) is 23.7. The number of H-pyrrole nitrogens is 1. The molecule has 0 amide bonds. The van der Waals surface area contributed by atoms with E-state index in [0.29, 0.717) is 18.0 Å². The van der Waals surface area contributed by atoms with Gasteiger partial charge in [-0.25, -0.2) is 9.46 Å². The van der Waals surface area contributed by atoms with Crippen LogP contribution >= 0.6 is 8.53 Å². The molecule has 336 valence electrons. The minimum absolute atomic E-state index is 0.00241. The molecule has 4 aromatic rings. The van der Waals surface area contributed by atoms with Crippen molar-refractivity contribution in [2.75, 3.05) is 27.4 Å². The van der Waals surface area contributed by atoms with Gasteiger partial charge in [0.25, 0.3) is 14.1 Å². The molecule has 1 fully saturated rings. The molecule has 0 radical (unpaired) electrons.